The number of nitrogens with one attached hydrogen (secondary N) is 1. The molecule has 3 heteroatoms. The van der Waals surface area contributed by atoms with Crippen molar-refractivity contribution in [2.75, 3.05) is 26.2 Å². The number of hydrogen-bond acceptors (Lipinski definition) is 2. The van der Waals surface area contributed by atoms with Crippen molar-refractivity contribution in [2.24, 2.45) is 0 Å². The van der Waals surface area contributed by atoms with Crippen molar-refractivity contribution in [3.63, 3.8) is 0 Å². The van der Waals surface area contributed by atoms with Gasteiger partial charge in [0, 0.05) is 26.2 Å². The highest BCUT2D eigenvalue weighted by atomic mass is 16.2. The van der Waals surface area contributed by atoms with Gasteiger partial charge in [-0.15, -0.1) is 0 Å². The molecular formula is C6H9N2O. The Kier molecular flexibility index (Phi) is 2.05. The van der Waals surface area contributed by atoms with E-state index in [2.05, 4.69) is 5.32 Å². The Morgan fingerprint density at radius 3 is 2.33 bits per heavy atom. The molecule has 0 atom stereocenters. The molecule has 0 aromatic carbocycles. The summed E-state index contributed by atoms with van der Waals surface area (Å²) < 4.78 is 0. The fourth-order valence-corrected chi connectivity index (χ4v) is 0.868. The van der Waals surface area contributed by atoms with Crippen molar-refractivity contribution in [1.82, 2.24) is 10.2 Å². The molecule has 1 amide bonds. The average molecular weight is 125 g/mol. The second-order valence-corrected chi connectivity index (χ2v) is 2.04. The molecule has 1 fully saturated rings. The number of nitrogens with zero attached hydrogens (tertiary/aromatic N) is 1. The van der Waals surface area contributed by atoms with Crippen LogP contribution in [0, 0.1) is 6.92 Å². The average Bonchev–Trinajstić information content (AvgIpc) is 1.90. The third kappa shape index (κ3) is 1.68. The fraction of sp³-hybridized carbons (Fsp3) is 0.667. The molecular weight excluding hydrogens is 116 g/mol. The lowest BCUT2D eigenvalue weighted by Crippen LogP contribution is -2.45. The maximum atomic E-state index is 10.4. The normalized spacial score (nSPS) is 19.9. The predicted molar refractivity (Wildman–Crippen MR) is 32.7 cm³/mol. The Balaban J connectivity index is 2.31. The number of rotatable bonds is 0. The van der Waals surface area contributed by atoms with Crippen LogP contribution < -0.4 is 5.32 Å². The van der Waals surface area contributed by atoms with E-state index in [0.717, 1.165) is 13.1 Å². The summed E-state index contributed by atoms with van der Waals surface area (Å²) in [4.78, 5) is 11.9. The van der Waals surface area contributed by atoms with Crippen molar-refractivity contribution in [3.8, 4) is 0 Å². The second kappa shape index (κ2) is 2.82. The number of amides is 1. The number of hydrogen-bond donors (Lipinski definition) is 1. The molecule has 9 heavy (non-hydrogen) atoms. The van der Waals surface area contributed by atoms with Crippen molar-refractivity contribution in [1.29, 1.82) is 0 Å². The van der Waals surface area contributed by atoms with E-state index in [1.807, 2.05) is 0 Å². The molecule has 0 aromatic rings. The van der Waals surface area contributed by atoms with Crippen LogP contribution in [0.4, 0.5) is 0 Å². The van der Waals surface area contributed by atoms with Gasteiger partial charge >= 0.3 is 0 Å². The molecule has 1 aliphatic rings. The molecule has 0 bridgehead atoms. The summed E-state index contributed by atoms with van der Waals surface area (Å²) in [6.07, 6.45) is 0. The summed E-state index contributed by atoms with van der Waals surface area (Å²) in [7, 11) is 0. The monoisotopic (exact) mass is 125 g/mol. The zero-order valence-electron chi connectivity index (χ0n) is 5.18. The van der Waals surface area contributed by atoms with Gasteiger partial charge in [0.05, 0.1) is 6.92 Å². The molecule has 49 valence electrons. The number of piperazine rings is 1. The van der Waals surface area contributed by atoms with Gasteiger partial charge in [0.25, 0.3) is 0 Å². The minimum Gasteiger partial charge on any atom is -0.340 e. The molecule has 1 saturated heterocycles. The summed E-state index contributed by atoms with van der Waals surface area (Å²) in [5, 5.41) is 3.09. The van der Waals surface area contributed by atoms with E-state index in [0.29, 0.717) is 13.1 Å². The Morgan fingerprint density at radius 1 is 1.44 bits per heavy atom. The molecule has 3 nitrogen and oxygen atoms in total. The van der Waals surface area contributed by atoms with Crippen molar-refractivity contribution < 1.29 is 4.79 Å². The van der Waals surface area contributed by atoms with E-state index in [1.54, 1.807) is 0 Å². The topological polar surface area (TPSA) is 32.3 Å². The molecule has 0 unspecified atom stereocenters. The Hall–Kier alpha value is -0.570. The summed E-state index contributed by atoms with van der Waals surface area (Å²) in [6.45, 7) is 9.75. The molecule has 1 N–H and O–H groups in total. The van der Waals surface area contributed by atoms with E-state index in [-0.39, 0.29) is 0 Å². The van der Waals surface area contributed by atoms with Gasteiger partial charge in [-0.25, -0.2) is 0 Å². The maximum Gasteiger partial charge on any atom is 0.232 e. The molecule has 0 saturated carbocycles. The van der Waals surface area contributed by atoms with Gasteiger partial charge in [0.2, 0.25) is 5.91 Å². The number of carbonyl (C=O) groups excluding carboxylic acids is 1. The van der Waals surface area contributed by atoms with Gasteiger partial charge < -0.3 is 10.2 Å². The van der Waals surface area contributed by atoms with Crippen LogP contribution in [-0.2, 0) is 4.79 Å². The predicted octanol–water partition coefficient (Wildman–Crippen LogP) is -0.994. The van der Waals surface area contributed by atoms with Gasteiger partial charge in [0.15, 0.2) is 0 Å². The SMILES string of the molecule is [C]C(=O)N1CCNCC1. The van der Waals surface area contributed by atoms with E-state index in [1.165, 1.54) is 4.90 Å². The second-order valence-electron chi connectivity index (χ2n) is 2.04. The molecule has 0 spiro atoms. The van der Waals surface area contributed by atoms with Crippen LogP contribution >= 0.6 is 0 Å². The van der Waals surface area contributed by atoms with Crippen molar-refractivity contribution in [2.45, 2.75) is 0 Å². The zero-order chi connectivity index (χ0) is 6.69. The minimum atomic E-state index is -0.559. The highest BCUT2D eigenvalue weighted by Gasteiger charge is 2.10. The standard InChI is InChI=1S/C6H9N2O/c1-6(9)8-4-2-7-3-5-8/h7H,2-5H2. The van der Waals surface area contributed by atoms with Crippen molar-refractivity contribution >= 4 is 5.91 Å². The first-order valence-corrected chi connectivity index (χ1v) is 3.02. The van der Waals surface area contributed by atoms with E-state index >= 15 is 0 Å². The maximum absolute atomic E-state index is 10.4. The zero-order valence-corrected chi connectivity index (χ0v) is 5.18. The quantitative estimate of drug-likeness (QED) is 0.450. The summed E-state index contributed by atoms with van der Waals surface area (Å²) in [5.74, 6) is -0.559. The summed E-state index contributed by atoms with van der Waals surface area (Å²) in [6, 6.07) is 0. The first-order chi connectivity index (χ1) is 4.30. The van der Waals surface area contributed by atoms with Crippen LogP contribution in [0.3, 0.4) is 0 Å². The van der Waals surface area contributed by atoms with Gasteiger partial charge in [-0.1, -0.05) is 0 Å². The molecule has 1 aliphatic heterocycles. The van der Waals surface area contributed by atoms with Crippen LogP contribution in [0.15, 0.2) is 0 Å². The van der Waals surface area contributed by atoms with Crippen molar-refractivity contribution in [3.05, 3.63) is 6.92 Å². The summed E-state index contributed by atoms with van der Waals surface area (Å²) in [5.41, 5.74) is 0. The van der Waals surface area contributed by atoms with E-state index < -0.39 is 5.91 Å². The molecule has 0 aliphatic carbocycles. The molecule has 1 heterocycles. The van der Waals surface area contributed by atoms with E-state index in [9.17, 15) is 4.79 Å². The third-order valence-corrected chi connectivity index (χ3v) is 1.40. The molecule has 3 radical (unpaired) electrons. The minimum absolute atomic E-state index is 0.559. The summed E-state index contributed by atoms with van der Waals surface area (Å²) >= 11 is 0. The Morgan fingerprint density at radius 2 is 2.00 bits per heavy atom. The van der Waals surface area contributed by atoms with Gasteiger partial charge in [0.1, 0.15) is 0 Å². The van der Waals surface area contributed by atoms with Crippen LogP contribution in [0.25, 0.3) is 0 Å². The van der Waals surface area contributed by atoms with Crippen LogP contribution in [0.1, 0.15) is 0 Å². The smallest absolute Gasteiger partial charge is 0.232 e. The van der Waals surface area contributed by atoms with Crippen LogP contribution in [0.5, 0.6) is 0 Å². The van der Waals surface area contributed by atoms with Crippen LogP contribution in [-0.4, -0.2) is 37.0 Å². The lowest BCUT2D eigenvalue weighted by Gasteiger charge is -2.25. The highest BCUT2D eigenvalue weighted by molar-refractivity contribution is 5.80. The van der Waals surface area contributed by atoms with Gasteiger partial charge in [-0.3, -0.25) is 4.79 Å². The molecule has 0 aromatic heterocycles. The lowest BCUT2D eigenvalue weighted by molar-refractivity contribution is -0.126. The molecule has 1 rings (SSSR count). The lowest BCUT2D eigenvalue weighted by atomic mass is 10.4. The largest absolute Gasteiger partial charge is 0.340 e. The Bertz CT molecular complexity index is 108. The van der Waals surface area contributed by atoms with Crippen LogP contribution in [0.2, 0.25) is 0 Å². The highest BCUT2D eigenvalue weighted by Crippen LogP contribution is 1.90. The Labute approximate surface area is 55.0 Å². The van der Waals surface area contributed by atoms with Gasteiger partial charge in [-0.2, -0.15) is 0 Å². The first kappa shape index (κ1) is 6.55. The number of carbonyl (C=O) groups is 1. The fourth-order valence-electron chi connectivity index (χ4n) is 0.868. The third-order valence-electron chi connectivity index (χ3n) is 1.40. The van der Waals surface area contributed by atoms with E-state index in [4.69, 9.17) is 6.92 Å². The first-order valence-electron chi connectivity index (χ1n) is 3.02. The van der Waals surface area contributed by atoms with Gasteiger partial charge in [-0.05, 0) is 0 Å².